The Bertz CT molecular complexity index is 1210. The number of unbranched alkanes of at least 4 members (excludes halogenated alkanes) is 31. The van der Waals surface area contributed by atoms with Crippen molar-refractivity contribution in [1.29, 1.82) is 0 Å². The molecule has 9 unspecified atom stereocenters. The number of aliphatic hydroxyl groups excluding tert-OH is 7. The van der Waals surface area contributed by atoms with Crippen LogP contribution in [-0.2, 0) is 14.3 Å². The Morgan fingerprint density at radius 2 is 0.870 bits per heavy atom. The normalized spacial score (nSPS) is 20.6. The van der Waals surface area contributed by atoms with Crippen LogP contribution in [0, 0.1) is 0 Å². The lowest BCUT2D eigenvalue weighted by atomic mass is 9.98. The van der Waals surface area contributed by atoms with Gasteiger partial charge in [-0.25, -0.2) is 0 Å². The number of aliphatic hydroxyl groups is 7. The summed E-state index contributed by atoms with van der Waals surface area (Å²) < 4.78 is 11.1. The second-order valence-corrected chi connectivity index (χ2v) is 20.3. The Balaban J connectivity index is 2.34. The number of ether oxygens (including phenoxy) is 2. The molecule has 1 amide bonds. The third kappa shape index (κ3) is 36.0. The van der Waals surface area contributed by atoms with Gasteiger partial charge in [0.05, 0.1) is 25.4 Å². The molecular formula is C58H109NO10. The number of allylic oxidation sites excluding steroid dienone is 6. The van der Waals surface area contributed by atoms with E-state index < -0.39 is 74.2 Å². The van der Waals surface area contributed by atoms with Crippen molar-refractivity contribution in [3.63, 3.8) is 0 Å². The molecule has 1 aliphatic rings. The number of carbonyl (C=O) groups is 1. The zero-order valence-electron chi connectivity index (χ0n) is 44.3. The summed E-state index contributed by atoms with van der Waals surface area (Å²) in [7, 11) is 0. The molecule has 1 saturated heterocycles. The van der Waals surface area contributed by atoms with Gasteiger partial charge < -0.3 is 50.5 Å². The first-order valence-electron chi connectivity index (χ1n) is 28.9. The molecule has 1 heterocycles. The molecule has 0 bridgehead atoms. The Morgan fingerprint density at radius 3 is 1.29 bits per heavy atom. The van der Waals surface area contributed by atoms with Crippen molar-refractivity contribution >= 4 is 5.91 Å². The van der Waals surface area contributed by atoms with Gasteiger partial charge in [0.25, 0.3) is 0 Å². The summed E-state index contributed by atoms with van der Waals surface area (Å²) in [5, 5.41) is 76.0. The van der Waals surface area contributed by atoms with Gasteiger partial charge in [0, 0.05) is 0 Å². The van der Waals surface area contributed by atoms with Crippen LogP contribution in [0.25, 0.3) is 0 Å². The maximum Gasteiger partial charge on any atom is 0.249 e. The fraction of sp³-hybridized carbons (Fsp3) is 0.879. The number of hydrogen-bond acceptors (Lipinski definition) is 10. The Labute approximate surface area is 422 Å². The van der Waals surface area contributed by atoms with Gasteiger partial charge in [-0.2, -0.15) is 0 Å². The van der Waals surface area contributed by atoms with Crippen LogP contribution in [-0.4, -0.2) is 110 Å². The van der Waals surface area contributed by atoms with Crippen LogP contribution in [0.2, 0.25) is 0 Å². The first-order valence-corrected chi connectivity index (χ1v) is 28.9. The van der Waals surface area contributed by atoms with E-state index in [1.165, 1.54) is 154 Å². The molecule has 11 nitrogen and oxygen atoms in total. The Hall–Kier alpha value is -1.67. The highest BCUT2D eigenvalue weighted by Crippen LogP contribution is 2.23. The second-order valence-electron chi connectivity index (χ2n) is 20.3. The smallest absolute Gasteiger partial charge is 0.249 e. The van der Waals surface area contributed by atoms with E-state index in [-0.39, 0.29) is 12.8 Å². The standard InChI is InChI=1S/C58H109NO10/c1-3-5-7-9-11-13-15-17-19-21-22-23-24-25-26-27-28-29-30-32-33-35-37-39-41-43-45-50(61)53(63)49(48-68-58-56(66)55(65)54(64)52(47-60)69-58)59-57(67)51(62)46-44-42-40-38-36-34-31-20-18-16-14-12-10-8-6-4-2/h18,20,30,32,37,39,49-56,58,60-66H,3-17,19,21-29,31,33-36,38,40-48H2,1-2H3,(H,59,67)/b20-18-,32-30+,39-37+. The average Bonchev–Trinajstić information content (AvgIpc) is 3.35. The van der Waals surface area contributed by atoms with Crippen molar-refractivity contribution in [2.24, 2.45) is 0 Å². The maximum absolute atomic E-state index is 13.1. The van der Waals surface area contributed by atoms with Gasteiger partial charge in [0.15, 0.2) is 6.29 Å². The minimum absolute atomic E-state index is 0.244. The van der Waals surface area contributed by atoms with E-state index in [0.717, 1.165) is 57.8 Å². The summed E-state index contributed by atoms with van der Waals surface area (Å²) in [6.45, 7) is 3.44. The van der Waals surface area contributed by atoms with Crippen molar-refractivity contribution in [3.8, 4) is 0 Å². The minimum atomic E-state index is -1.67. The highest BCUT2D eigenvalue weighted by Gasteiger charge is 2.44. The first kappa shape index (κ1) is 65.3. The zero-order valence-corrected chi connectivity index (χ0v) is 44.3. The quantitative estimate of drug-likeness (QED) is 0.0215. The van der Waals surface area contributed by atoms with Crippen LogP contribution in [0.3, 0.4) is 0 Å². The Morgan fingerprint density at radius 1 is 0.493 bits per heavy atom. The fourth-order valence-electron chi connectivity index (χ4n) is 9.16. The predicted octanol–water partition coefficient (Wildman–Crippen LogP) is 11.9. The first-order chi connectivity index (χ1) is 33.7. The van der Waals surface area contributed by atoms with Crippen molar-refractivity contribution < 1.29 is 50.0 Å². The van der Waals surface area contributed by atoms with Crippen LogP contribution < -0.4 is 5.32 Å². The predicted molar refractivity (Wildman–Crippen MR) is 284 cm³/mol. The summed E-state index contributed by atoms with van der Waals surface area (Å²) in [4.78, 5) is 13.1. The third-order valence-corrected chi connectivity index (χ3v) is 13.9. The fourth-order valence-corrected chi connectivity index (χ4v) is 9.16. The third-order valence-electron chi connectivity index (χ3n) is 13.9. The molecule has 11 heteroatoms. The molecule has 69 heavy (non-hydrogen) atoms. The van der Waals surface area contributed by atoms with Crippen LogP contribution in [0.4, 0.5) is 0 Å². The van der Waals surface area contributed by atoms with E-state index in [1.54, 1.807) is 0 Å². The van der Waals surface area contributed by atoms with E-state index in [4.69, 9.17) is 9.47 Å². The van der Waals surface area contributed by atoms with Gasteiger partial charge in [0.2, 0.25) is 5.91 Å². The van der Waals surface area contributed by atoms with E-state index in [0.29, 0.717) is 19.3 Å². The topological polar surface area (TPSA) is 189 Å². The van der Waals surface area contributed by atoms with Crippen LogP contribution in [0.15, 0.2) is 36.5 Å². The number of carbonyl (C=O) groups excluding carboxylic acids is 1. The van der Waals surface area contributed by atoms with Crippen molar-refractivity contribution in [2.75, 3.05) is 13.2 Å². The molecular weight excluding hydrogens is 871 g/mol. The summed E-state index contributed by atoms with van der Waals surface area (Å²) in [6.07, 6.45) is 46.3. The lowest BCUT2D eigenvalue weighted by Gasteiger charge is -2.40. The minimum Gasteiger partial charge on any atom is -0.394 e. The molecule has 0 radical (unpaired) electrons. The van der Waals surface area contributed by atoms with E-state index in [2.05, 4.69) is 55.6 Å². The molecule has 8 N–H and O–H groups in total. The highest BCUT2D eigenvalue weighted by atomic mass is 16.7. The summed E-state index contributed by atoms with van der Waals surface area (Å²) in [5.74, 6) is -0.714. The molecule has 1 rings (SSSR count). The van der Waals surface area contributed by atoms with Crippen molar-refractivity contribution in [3.05, 3.63) is 36.5 Å². The lowest BCUT2D eigenvalue weighted by molar-refractivity contribution is -0.303. The highest BCUT2D eigenvalue weighted by molar-refractivity contribution is 5.80. The van der Waals surface area contributed by atoms with E-state index >= 15 is 0 Å². The number of nitrogens with one attached hydrogen (secondary N) is 1. The van der Waals surface area contributed by atoms with Gasteiger partial charge >= 0.3 is 0 Å². The van der Waals surface area contributed by atoms with E-state index in [9.17, 15) is 40.5 Å². The number of amides is 1. The monoisotopic (exact) mass is 980 g/mol. The van der Waals surface area contributed by atoms with Gasteiger partial charge in [-0.15, -0.1) is 0 Å². The van der Waals surface area contributed by atoms with Crippen molar-refractivity contribution in [1.82, 2.24) is 5.32 Å². The molecule has 0 saturated carbocycles. The largest absolute Gasteiger partial charge is 0.394 e. The number of hydrogen-bond donors (Lipinski definition) is 8. The second kappa shape index (κ2) is 47.3. The van der Waals surface area contributed by atoms with Crippen molar-refractivity contribution in [2.45, 2.75) is 313 Å². The summed E-state index contributed by atoms with van der Waals surface area (Å²) >= 11 is 0. The molecule has 1 aliphatic heterocycles. The molecule has 0 aromatic rings. The Kier molecular flexibility index (Phi) is 44.8. The number of rotatable bonds is 49. The molecule has 0 spiro atoms. The average molecular weight is 981 g/mol. The maximum atomic E-state index is 13.1. The zero-order chi connectivity index (χ0) is 50.4. The molecule has 1 fully saturated rings. The molecule has 0 aromatic carbocycles. The lowest BCUT2D eigenvalue weighted by Crippen LogP contribution is -2.60. The molecule has 9 atom stereocenters. The SMILES string of the molecule is CCCCCCCC/C=C\CCCCCCCCC(O)C(=O)NC(COC1OC(CO)C(O)C(O)C1O)C(O)C(O)CCC/C=C/CC/C=C/CCCCCCCCCCCCCCCCCCC. The summed E-state index contributed by atoms with van der Waals surface area (Å²) in [6, 6.07) is -1.19. The van der Waals surface area contributed by atoms with Gasteiger partial charge in [0.1, 0.15) is 36.6 Å². The van der Waals surface area contributed by atoms with Crippen LogP contribution in [0.1, 0.15) is 258 Å². The van der Waals surface area contributed by atoms with Crippen LogP contribution in [0.5, 0.6) is 0 Å². The van der Waals surface area contributed by atoms with Gasteiger partial charge in [-0.3, -0.25) is 4.79 Å². The van der Waals surface area contributed by atoms with E-state index in [1.807, 2.05) is 0 Å². The van der Waals surface area contributed by atoms with Crippen LogP contribution >= 0.6 is 0 Å². The molecule has 406 valence electrons. The summed E-state index contributed by atoms with van der Waals surface area (Å²) in [5.41, 5.74) is 0. The molecule has 0 aliphatic carbocycles. The van der Waals surface area contributed by atoms with Gasteiger partial charge in [-0.1, -0.05) is 217 Å². The van der Waals surface area contributed by atoms with Gasteiger partial charge in [-0.05, 0) is 77.0 Å². The molecule has 0 aromatic heterocycles.